The summed E-state index contributed by atoms with van der Waals surface area (Å²) < 4.78 is 5.52. The van der Waals surface area contributed by atoms with Gasteiger partial charge >= 0.3 is 0 Å². The predicted octanol–water partition coefficient (Wildman–Crippen LogP) is 3.46. The maximum Gasteiger partial charge on any atom is 0.184 e. The van der Waals surface area contributed by atoms with E-state index in [0.717, 1.165) is 21.2 Å². The lowest BCUT2D eigenvalue weighted by Crippen LogP contribution is -1.98. The number of nitrogens with one attached hydrogen (secondary N) is 1. The molecule has 0 aliphatic heterocycles. The molecule has 4 heterocycles. The van der Waals surface area contributed by atoms with E-state index in [1.165, 1.54) is 11.8 Å². The molecule has 0 amide bonds. The second-order valence-electron chi connectivity index (χ2n) is 4.85. The molecule has 0 aromatic carbocycles. The van der Waals surface area contributed by atoms with Crippen molar-refractivity contribution in [1.82, 2.24) is 25.6 Å². The van der Waals surface area contributed by atoms with E-state index in [1.54, 1.807) is 17.6 Å². The third-order valence-corrected chi connectivity index (χ3v) is 5.19. The van der Waals surface area contributed by atoms with Crippen LogP contribution >= 0.6 is 23.1 Å². The molecule has 0 saturated carbocycles. The second-order valence-corrected chi connectivity index (χ2v) is 6.76. The van der Waals surface area contributed by atoms with E-state index in [4.69, 9.17) is 15.1 Å². The third kappa shape index (κ3) is 2.91. The molecule has 9 heteroatoms. The molecule has 0 spiro atoms. The molecule has 4 aromatic heterocycles. The van der Waals surface area contributed by atoms with Gasteiger partial charge in [-0.2, -0.15) is 5.21 Å². The monoisotopic (exact) mass is 356 g/mol. The topological polar surface area (TPSA) is 107 Å². The van der Waals surface area contributed by atoms with Crippen LogP contribution in [0.3, 0.4) is 0 Å². The van der Waals surface area contributed by atoms with Crippen LogP contribution in [0.1, 0.15) is 5.82 Å². The number of furan rings is 1. The summed E-state index contributed by atoms with van der Waals surface area (Å²) in [6.07, 6.45) is 1.63. The second kappa shape index (κ2) is 6.46. The van der Waals surface area contributed by atoms with Gasteiger partial charge in [0, 0.05) is 5.56 Å². The number of nitrogens with two attached hydrogens (primary N) is 1. The van der Waals surface area contributed by atoms with Gasteiger partial charge in [0.1, 0.15) is 10.8 Å². The first-order chi connectivity index (χ1) is 11.8. The van der Waals surface area contributed by atoms with Crippen LogP contribution in [-0.2, 0) is 5.75 Å². The summed E-state index contributed by atoms with van der Waals surface area (Å²) in [6, 6.07) is 9.71. The number of nitrogens with zero attached hydrogens (tertiary/aromatic N) is 4. The highest BCUT2D eigenvalue weighted by atomic mass is 32.2. The quantitative estimate of drug-likeness (QED) is 0.527. The van der Waals surface area contributed by atoms with E-state index in [0.29, 0.717) is 23.0 Å². The maximum atomic E-state index is 6.33. The number of rotatable bonds is 5. The van der Waals surface area contributed by atoms with Gasteiger partial charge in [-0.15, -0.1) is 21.5 Å². The van der Waals surface area contributed by atoms with E-state index >= 15 is 0 Å². The maximum absolute atomic E-state index is 6.33. The number of aromatic nitrogens is 5. The first kappa shape index (κ1) is 14.9. The number of thiophene rings is 1. The minimum absolute atomic E-state index is 0.527. The van der Waals surface area contributed by atoms with Crippen molar-refractivity contribution in [2.45, 2.75) is 10.8 Å². The van der Waals surface area contributed by atoms with Gasteiger partial charge in [0.15, 0.2) is 5.82 Å². The number of nitrogen functional groups attached to an aromatic ring is 1. The van der Waals surface area contributed by atoms with Gasteiger partial charge in [-0.3, -0.25) is 0 Å². The molecule has 4 rings (SSSR count). The Hall–Kier alpha value is -2.65. The SMILES string of the molecule is Nc1c(-c2ccco2)cc(-c2cccs2)nc1SCc1nn[nH]n1. The van der Waals surface area contributed by atoms with Gasteiger partial charge in [0.25, 0.3) is 0 Å². The Kier molecular flexibility index (Phi) is 4.01. The van der Waals surface area contributed by atoms with E-state index in [-0.39, 0.29) is 0 Å². The fourth-order valence-electron chi connectivity index (χ4n) is 2.20. The molecule has 120 valence electrons. The molecule has 0 fully saturated rings. The minimum Gasteiger partial charge on any atom is -0.464 e. The first-order valence-electron chi connectivity index (χ1n) is 7.04. The Labute approximate surface area is 145 Å². The van der Waals surface area contributed by atoms with Gasteiger partial charge < -0.3 is 10.2 Å². The first-order valence-corrected chi connectivity index (χ1v) is 8.91. The molecule has 0 aliphatic rings. The van der Waals surface area contributed by atoms with Crippen molar-refractivity contribution in [3.63, 3.8) is 0 Å². The Balaban J connectivity index is 1.76. The molecule has 0 saturated heterocycles. The molecule has 4 aromatic rings. The fourth-order valence-corrected chi connectivity index (χ4v) is 3.71. The number of pyridine rings is 1. The standard InChI is InChI=1S/C15H12N6OS2/c16-14-9(11-3-1-5-22-11)7-10(12-4-2-6-23-12)17-15(14)24-8-13-18-20-21-19-13/h1-7H,8,16H2,(H,18,19,20,21). The summed E-state index contributed by atoms with van der Waals surface area (Å²) in [5.74, 6) is 1.84. The largest absolute Gasteiger partial charge is 0.464 e. The number of tetrazole rings is 1. The van der Waals surface area contributed by atoms with E-state index < -0.39 is 0 Å². The van der Waals surface area contributed by atoms with Gasteiger partial charge in [-0.1, -0.05) is 23.0 Å². The highest BCUT2D eigenvalue weighted by Crippen LogP contribution is 2.38. The number of thioether (sulfide) groups is 1. The van der Waals surface area contributed by atoms with Crippen LogP contribution in [0.15, 0.2) is 51.4 Å². The van der Waals surface area contributed by atoms with Crippen molar-refractivity contribution >= 4 is 28.8 Å². The van der Waals surface area contributed by atoms with Crippen LogP contribution < -0.4 is 5.73 Å². The molecule has 0 radical (unpaired) electrons. The minimum atomic E-state index is 0.527. The van der Waals surface area contributed by atoms with Crippen molar-refractivity contribution in [2.24, 2.45) is 0 Å². The Morgan fingerprint density at radius 2 is 2.25 bits per heavy atom. The highest BCUT2D eigenvalue weighted by Gasteiger charge is 2.16. The van der Waals surface area contributed by atoms with Crippen molar-refractivity contribution in [3.8, 4) is 21.9 Å². The van der Waals surface area contributed by atoms with Crippen LogP contribution in [0.25, 0.3) is 21.9 Å². The summed E-state index contributed by atoms with van der Waals surface area (Å²) >= 11 is 3.10. The highest BCUT2D eigenvalue weighted by molar-refractivity contribution is 7.98. The number of anilines is 1. The van der Waals surface area contributed by atoms with Gasteiger partial charge in [-0.05, 0) is 29.6 Å². The van der Waals surface area contributed by atoms with Gasteiger partial charge in [0.05, 0.1) is 28.3 Å². The summed E-state index contributed by atoms with van der Waals surface area (Å²) in [5.41, 5.74) is 8.60. The zero-order chi connectivity index (χ0) is 16.4. The molecular formula is C15H12N6OS2. The van der Waals surface area contributed by atoms with Crippen molar-refractivity contribution in [1.29, 1.82) is 0 Å². The van der Waals surface area contributed by atoms with Gasteiger partial charge in [-0.25, -0.2) is 4.98 Å². The van der Waals surface area contributed by atoms with Gasteiger partial charge in [0.2, 0.25) is 0 Å². The average Bonchev–Trinajstić information content (AvgIpc) is 3.35. The fraction of sp³-hybridized carbons (Fsp3) is 0.0667. The third-order valence-electron chi connectivity index (χ3n) is 3.31. The van der Waals surface area contributed by atoms with E-state index in [9.17, 15) is 0 Å². The zero-order valence-corrected chi connectivity index (χ0v) is 14.0. The van der Waals surface area contributed by atoms with E-state index in [1.807, 2.05) is 35.7 Å². The Morgan fingerprint density at radius 1 is 1.29 bits per heavy atom. The molecule has 7 nitrogen and oxygen atoms in total. The molecule has 24 heavy (non-hydrogen) atoms. The van der Waals surface area contributed by atoms with Crippen LogP contribution in [0.5, 0.6) is 0 Å². The van der Waals surface area contributed by atoms with Crippen molar-refractivity contribution in [3.05, 3.63) is 47.8 Å². The zero-order valence-electron chi connectivity index (χ0n) is 12.3. The summed E-state index contributed by atoms with van der Waals surface area (Å²) in [4.78, 5) is 5.78. The lowest BCUT2D eigenvalue weighted by atomic mass is 10.1. The van der Waals surface area contributed by atoms with Crippen LogP contribution in [0.4, 0.5) is 5.69 Å². The molecule has 0 bridgehead atoms. The van der Waals surface area contributed by atoms with Crippen LogP contribution in [0, 0.1) is 0 Å². The van der Waals surface area contributed by atoms with E-state index in [2.05, 4.69) is 20.6 Å². The Morgan fingerprint density at radius 3 is 2.96 bits per heavy atom. The number of aromatic amines is 1. The predicted molar refractivity (Wildman–Crippen MR) is 93.4 cm³/mol. The summed E-state index contributed by atoms with van der Waals surface area (Å²) in [5, 5.41) is 16.6. The molecule has 0 atom stereocenters. The summed E-state index contributed by atoms with van der Waals surface area (Å²) in [7, 11) is 0. The lowest BCUT2D eigenvalue weighted by Gasteiger charge is -2.10. The summed E-state index contributed by atoms with van der Waals surface area (Å²) in [6.45, 7) is 0. The molecule has 0 unspecified atom stereocenters. The average molecular weight is 356 g/mol. The Bertz CT molecular complexity index is 919. The van der Waals surface area contributed by atoms with Crippen LogP contribution in [-0.4, -0.2) is 25.6 Å². The number of H-pyrrole nitrogens is 1. The van der Waals surface area contributed by atoms with Crippen molar-refractivity contribution < 1.29 is 4.42 Å². The lowest BCUT2D eigenvalue weighted by molar-refractivity contribution is 0.582. The number of hydrogen-bond donors (Lipinski definition) is 2. The smallest absolute Gasteiger partial charge is 0.184 e. The normalized spacial score (nSPS) is 11.0. The van der Waals surface area contributed by atoms with Crippen LogP contribution in [0.2, 0.25) is 0 Å². The molecular weight excluding hydrogens is 344 g/mol. The number of hydrogen-bond acceptors (Lipinski definition) is 8. The van der Waals surface area contributed by atoms with Crippen molar-refractivity contribution in [2.75, 3.05) is 5.73 Å². The molecule has 0 aliphatic carbocycles. The molecule has 3 N–H and O–H groups in total.